The molecule has 0 aromatic carbocycles. The first-order chi connectivity index (χ1) is 6.90. The second kappa shape index (κ2) is 6.40. The summed E-state index contributed by atoms with van der Waals surface area (Å²) in [5, 5.41) is 0. The third kappa shape index (κ3) is 4.78. The minimum absolute atomic E-state index is 0.0616. The molecule has 88 valence electrons. The molecule has 2 amide bonds. The molecule has 5 heteroatoms. The van der Waals surface area contributed by atoms with Crippen molar-refractivity contribution in [2.75, 3.05) is 6.54 Å². The molecule has 0 fully saturated rings. The number of nitrogens with two attached hydrogens (primary N) is 2. The highest BCUT2D eigenvalue weighted by Crippen LogP contribution is 2.04. The Morgan fingerprint density at radius 2 is 1.87 bits per heavy atom. The van der Waals surface area contributed by atoms with Gasteiger partial charge in [-0.1, -0.05) is 13.3 Å². The number of hydrogen-bond donors (Lipinski definition) is 2. The lowest BCUT2D eigenvalue weighted by atomic mass is 10.1. The molecule has 0 radical (unpaired) electrons. The Bertz CT molecular complexity index is 229. The average Bonchev–Trinajstić information content (AvgIpc) is 2.12. The maximum absolute atomic E-state index is 11.8. The molecule has 0 aromatic rings. The Morgan fingerprint density at radius 3 is 2.20 bits per heavy atom. The zero-order valence-corrected chi connectivity index (χ0v) is 9.69. The Morgan fingerprint density at radius 1 is 1.33 bits per heavy atom. The molecule has 0 saturated carbocycles. The first-order valence-electron chi connectivity index (χ1n) is 5.24. The largest absolute Gasteiger partial charge is 0.368 e. The van der Waals surface area contributed by atoms with E-state index >= 15 is 0 Å². The molecule has 0 saturated heterocycles. The molecule has 15 heavy (non-hydrogen) atoms. The van der Waals surface area contributed by atoms with Crippen LogP contribution in [0.4, 0.5) is 0 Å². The highest BCUT2D eigenvalue weighted by molar-refractivity contribution is 5.86. The van der Waals surface area contributed by atoms with E-state index in [9.17, 15) is 9.59 Å². The normalized spacial score (nSPS) is 12.6. The van der Waals surface area contributed by atoms with Crippen LogP contribution in [0.25, 0.3) is 0 Å². The summed E-state index contributed by atoms with van der Waals surface area (Å²) in [6.45, 7) is 5.56. The molecule has 0 heterocycles. The van der Waals surface area contributed by atoms with Crippen LogP contribution >= 0.6 is 0 Å². The van der Waals surface area contributed by atoms with Crippen molar-refractivity contribution in [2.45, 2.75) is 45.7 Å². The highest BCUT2D eigenvalue weighted by Gasteiger charge is 2.23. The maximum atomic E-state index is 11.8. The van der Waals surface area contributed by atoms with Crippen molar-refractivity contribution < 1.29 is 9.59 Å². The van der Waals surface area contributed by atoms with Gasteiger partial charge in [-0.05, 0) is 20.3 Å². The quantitative estimate of drug-likeness (QED) is 0.645. The molecule has 0 aliphatic carbocycles. The second-order valence-corrected chi connectivity index (χ2v) is 3.92. The Kier molecular flexibility index (Phi) is 5.93. The van der Waals surface area contributed by atoms with E-state index in [-0.39, 0.29) is 18.5 Å². The summed E-state index contributed by atoms with van der Waals surface area (Å²) in [7, 11) is 0. The molecule has 0 unspecified atom stereocenters. The van der Waals surface area contributed by atoms with Crippen molar-refractivity contribution in [3.05, 3.63) is 0 Å². The van der Waals surface area contributed by atoms with E-state index in [2.05, 4.69) is 0 Å². The van der Waals surface area contributed by atoms with Gasteiger partial charge in [0, 0.05) is 6.04 Å². The number of carbonyl (C=O) groups excluding carboxylic acids is 2. The monoisotopic (exact) mass is 215 g/mol. The van der Waals surface area contributed by atoms with E-state index in [4.69, 9.17) is 11.5 Å². The van der Waals surface area contributed by atoms with E-state index in [0.29, 0.717) is 6.42 Å². The van der Waals surface area contributed by atoms with Crippen LogP contribution in [0.3, 0.4) is 0 Å². The molecule has 4 N–H and O–H groups in total. The smallest absolute Gasteiger partial charge is 0.240 e. The summed E-state index contributed by atoms with van der Waals surface area (Å²) in [6, 6.07) is -0.593. The number of carbonyl (C=O) groups is 2. The van der Waals surface area contributed by atoms with Gasteiger partial charge < -0.3 is 16.4 Å². The van der Waals surface area contributed by atoms with Crippen molar-refractivity contribution in [2.24, 2.45) is 11.5 Å². The molecule has 0 aliphatic rings. The number of rotatable bonds is 6. The highest BCUT2D eigenvalue weighted by atomic mass is 16.2. The van der Waals surface area contributed by atoms with Gasteiger partial charge in [0.15, 0.2) is 0 Å². The average molecular weight is 215 g/mol. The predicted molar refractivity (Wildman–Crippen MR) is 58.9 cm³/mol. The molecular formula is C10H21N3O2. The second-order valence-electron chi connectivity index (χ2n) is 3.92. The lowest BCUT2D eigenvalue weighted by Gasteiger charge is -2.28. The van der Waals surface area contributed by atoms with Gasteiger partial charge in [0.05, 0.1) is 12.6 Å². The van der Waals surface area contributed by atoms with Crippen molar-refractivity contribution in [1.29, 1.82) is 0 Å². The Labute approximate surface area is 90.8 Å². The van der Waals surface area contributed by atoms with Crippen LogP contribution in [0.15, 0.2) is 0 Å². The van der Waals surface area contributed by atoms with Gasteiger partial charge in [0.1, 0.15) is 0 Å². The van der Waals surface area contributed by atoms with Crippen LogP contribution in [0, 0.1) is 0 Å². The topological polar surface area (TPSA) is 89.4 Å². The van der Waals surface area contributed by atoms with Gasteiger partial charge in [-0.3, -0.25) is 9.59 Å². The van der Waals surface area contributed by atoms with Gasteiger partial charge in [-0.25, -0.2) is 0 Å². The lowest BCUT2D eigenvalue weighted by molar-refractivity contribution is -0.138. The molecule has 0 aromatic heterocycles. The van der Waals surface area contributed by atoms with E-state index in [1.807, 2.05) is 20.8 Å². The van der Waals surface area contributed by atoms with Crippen LogP contribution < -0.4 is 11.5 Å². The molecule has 5 nitrogen and oxygen atoms in total. The third-order valence-corrected chi connectivity index (χ3v) is 2.15. The standard InChI is InChI=1S/C10H21N3O2/c1-4-5-8(11)10(15)13(7(2)3)6-9(12)14/h7-8H,4-6,11H2,1-3H3,(H2,12,14)/t8-/m0/s1. The zero-order valence-electron chi connectivity index (χ0n) is 9.69. The van der Waals surface area contributed by atoms with Gasteiger partial charge in [-0.15, -0.1) is 0 Å². The summed E-state index contributed by atoms with van der Waals surface area (Å²) in [5.41, 5.74) is 10.8. The van der Waals surface area contributed by atoms with Crippen LogP contribution in [0.1, 0.15) is 33.6 Å². The van der Waals surface area contributed by atoms with E-state index in [1.165, 1.54) is 4.90 Å². The lowest BCUT2D eigenvalue weighted by Crippen LogP contribution is -2.49. The van der Waals surface area contributed by atoms with Crippen molar-refractivity contribution in [3.8, 4) is 0 Å². The minimum Gasteiger partial charge on any atom is -0.368 e. The number of amides is 2. The number of hydrogen-bond acceptors (Lipinski definition) is 3. The SMILES string of the molecule is CCC[C@H](N)C(=O)N(CC(N)=O)C(C)C. The van der Waals surface area contributed by atoms with E-state index in [1.54, 1.807) is 0 Å². The Balaban J connectivity index is 4.47. The van der Waals surface area contributed by atoms with Crippen molar-refractivity contribution >= 4 is 11.8 Å². The first-order valence-corrected chi connectivity index (χ1v) is 5.24. The fourth-order valence-corrected chi connectivity index (χ4v) is 1.33. The number of nitrogens with zero attached hydrogens (tertiary/aromatic N) is 1. The molecular weight excluding hydrogens is 194 g/mol. The first kappa shape index (κ1) is 13.9. The van der Waals surface area contributed by atoms with Crippen LogP contribution in [-0.2, 0) is 9.59 Å². The van der Waals surface area contributed by atoms with E-state index < -0.39 is 11.9 Å². The van der Waals surface area contributed by atoms with Gasteiger partial charge in [-0.2, -0.15) is 0 Å². The van der Waals surface area contributed by atoms with Crippen LogP contribution in [-0.4, -0.2) is 35.3 Å². The number of primary amides is 1. The minimum atomic E-state index is -0.531. The van der Waals surface area contributed by atoms with Gasteiger partial charge >= 0.3 is 0 Å². The fraction of sp³-hybridized carbons (Fsp3) is 0.800. The molecule has 0 aliphatic heterocycles. The zero-order chi connectivity index (χ0) is 12.0. The molecule has 0 spiro atoms. The van der Waals surface area contributed by atoms with E-state index in [0.717, 1.165) is 6.42 Å². The van der Waals surface area contributed by atoms with Gasteiger partial charge in [0.2, 0.25) is 11.8 Å². The molecule has 0 bridgehead atoms. The molecule has 0 rings (SSSR count). The summed E-state index contributed by atoms with van der Waals surface area (Å²) in [5.74, 6) is -0.716. The van der Waals surface area contributed by atoms with Crippen LogP contribution in [0.2, 0.25) is 0 Å². The summed E-state index contributed by atoms with van der Waals surface area (Å²) >= 11 is 0. The van der Waals surface area contributed by atoms with Gasteiger partial charge in [0.25, 0.3) is 0 Å². The molecule has 1 atom stereocenters. The Hall–Kier alpha value is -1.10. The van der Waals surface area contributed by atoms with Crippen molar-refractivity contribution in [3.63, 3.8) is 0 Å². The predicted octanol–water partition coefficient (Wildman–Crippen LogP) is -0.164. The summed E-state index contributed by atoms with van der Waals surface area (Å²) in [4.78, 5) is 24.0. The summed E-state index contributed by atoms with van der Waals surface area (Å²) < 4.78 is 0. The van der Waals surface area contributed by atoms with Crippen molar-refractivity contribution in [1.82, 2.24) is 4.90 Å². The van der Waals surface area contributed by atoms with Crippen LogP contribution in [0.5, 0.6) is 0 Å². The maximum Gasteiger partial charge on any atom is 0.240 e. The fourth-order valence-electron chi connectivity index (χ4n) is 1.33. The summed E-state index contributed by atoms with van der Waals surface area (Å²) in [6.07, 6.45) is 1.47. The third-order valence-electron chi connectivity index (χ3n) is 2.15.